The molecule has 6 aromatic rings. The smallest absolute Gasteiger partial charge is 0.234 e. The quantitative estimate of drug-likeness (QED) is 0.0556. The Hall–Kier alpha value is -6.83. The fourth-order valence-electron chi connectivity index (χ4n) is 5.45. The highest BCUT2D eigenvalue weighted by Crippen LogP contribution is 2.26. The topological polar surface area (TPSA) is 160 Å². The molecule has 0 radical (unpaired) electrons. The van der Waals surface area contributed by atoms with E-state index in [1.807, 2.05) is 109 Å². The van der Waals surface area contributed by atoms with E-state index in [9.17, 15) is 31.9 Å². The fourth-order valence-corrected chi connectivity index (χ4v) is 5.45. The number of alkyl halides is 4. The predicted octanol–water partition coefficient (Wildman–Crippen LogP) is 9.65. The maximum atomic E-state index is 11.2. The molecule has 0 aliphatic carbocycles. The van der Waals surface area contributed by atoms with Gasteiger partial charge in [0.05, 0.1) is 40.8 Å². The summed E-state index contributed by atoms with van der Waals surface area (Å²) in [4.78, 5) is 32.1. The monoisotopic (exact) mass is 900 g/mol. The lowest BCUT2D eigenvalue weighted by Crippen LogP contribution is -2.38. The van der Waals surface area contributed by atoms with Crippen LogP contribution in [0.5, 0.6) is 11.5 Å². The molecular formula is C52H64F4N4O5. The number of ether oxygens (including phenoxy) is 2. The van der Waals surface area contributed by atoms with Crippen LogP contribution in [0.1, 0.15) is 63.1 Å². The maximum absolute atomic E-state index is 11.2. The molecule has 0 spiro atoms. The normalized spacial score (nSPS) is 10.3. The standard InChI is InChI=1S/C24H26N2O2.C21H18O2.C3H8N2O.4CH3F/c1-18(24(25)27)26-16-21-12-13-23(28-17-20-10-6-3-7-11-20)22(15-21)14-19-8-4-2-5-9-19;22-15-19-11-12-21(23-16-18-9-5-2-6-10-18)20(14-19)13-17-7-3-1-4-8-17;1-2(4)3(5)6;4*1-2/h2-13,15,18,26H,14,16-17H2,1H3,(H2,25,27);1-12,14-15H,13,16H2;2H,4H2,1H3,(H2,5,6);4*1H3/t18-;;2-;;;;/m0.0..../s1. The van der Waals surface area contributed by atoms with Gasteiger partial charge >= 0.3 is 0 Å². The van der Waals surface area contributed by atoms with Crippen LogP contribution in [0.2, 0.25) is 0 Å². The molecule has 0 aromatic heterocycles. The molecule has 0 aliphatic heterocycles. The van der Waals surface area contributed by atoms with Crippen LogP contribution < -0.4 is 32.0 Å². The zero-order chi connectivity index (χ0) is 48.8. The summed E-state index contributed by atoms with van der Waals surface area (Å²) in [7, 11) is 2.00. The van der Waals surface area contributed by atoms with E-state index in [-0.39, 0.29) is 11.9 Å². The SMILES string of the molecule is CF.CF.CF.CF.C[C@H](N)C(N)=O.C[C@H](NCc1ccc(OCc2ccccc2)c(Cc2ccccc2)c1)C(N)=O.O=Cc1ccc(OCc2ccccc2)c(Cc2ccccc2)c1. The first-order chi connectivity index (χ1) is 31.6. The Morgan fingerprint density at radius 3 is 1.23 bits per heavy atom. The molecule has 6 aromatic carbocycles. The minimum atomic E-state index is -0.509. The number of amides is 2. The number of carbonyl (C=O) groups excluding carboxylic acids is 3. The fraction of sp³-hybridized carbons (Fsp3) is 0.250. The van der Waals surface area contributed by atoms with Crippen molar-refractivity contribution < 1.29 is 41.4 Å². The molecule has 0 aliphatic rings. The van der Waals surface area contributed by atoms with Crippen molar-refractivity contribution in [3.63, 3.8) is 0 Å². The van der Waals surface area contributed by atoms with Gasteiger partial charge in [0.25, 0.3) is 0 Å². The highest BCUT2D eigenvalue weighted by molar-refractivity contribution is 5.79. The molecule has 9 nitrogen and oxygen atoms in total. The Balaban J connectivity index is 0.000000995. The van der Waals surface area contributed by atoms with E-state index in [0.717, 1.165) is 58.4 Å². The van der Waals surface area contributed by atoms with Gasteiger partial charge in [0.15, 0.2) is 0 Å². The average molecular weight is 901 g/mol. The summed E-state index contributed by atoms with van der Waals surface area (Å²) in [5.74, 6) is 0.880. The van der Waals surface area contributed by atoms with Gasteiger partial charge < -0.3 is 32.0 Å². The number of nitrogens with one attached hydrogen (secondary N) is 1. The lowest BCUT2D eigenvalue weighted by Gasteiger charge is -2.15. The summed E-state index contributed by atoms with van der Waals surface area (Å²) in [5.41, 5.74) is 23.5. The molecular weight excluding hydrogens is 837 g/mol. The average Bonchev–Trinajstić information content (AvgIpc) is 3.36. The lowest BCUT2D eigenvalue weighted by molar-refractivity contribution is -0.120. The van der Waals surface area contributed by atoms with E-state index in [1.165, 1.54) is 11.1 Å². The minimum Gasteiger partial charge on any atom is -0.489 e. The van der Waals surface area contributed by atoms with Crippen LogP contribution in [0.3, 0.4) is 0 Å². The second-order valence-electron chi connectivity index (χ2n) is 13.5. The Morgan fingerprint density at radius 2 is 0.877 bits per heavy atom. The zero-order valence-corrected chi connectivity index (χ0v) is 38.1. The van der Waals surface area contributed by atoms with Crippen LogP contribution in [0.15, 0.2) is 158 Å². The van der Waals surface area contributed by atoms with E-state index in [0.29, 0.717) is 54.0 Å². The highest BCUT2D eigenvalue weighted by Gasteiger charge is 2.11. The van der Waals surface area contributed by atoms with Crippen molar-refractivity contribution in [3.05, 3.63) is 202 Å². The van der Waals surface area contributed by atoms with Crippen molar-refractivity contribution in [2.24, 2.45) is 17.2 Å². The third kappa shape index (κ3) is 24.6. The lowest BCUT2D eigenvalue weighted by atomic mass is 10.0. The molecule has 13 heteroatoms. The van der Waals surface area contributed by atoms with Gasteiger partial charge in [-0.3, -0.25) is 31.9 Å². The highest BCUT2D eigenvalue weighted by atomic mass is 19.1. The summed E-state index contributed by atoms with van der Waals surface area (Å²) in [6.45, 7) is 4.93. The van der Waals surface area contributed by atoms with Crippen LogP contribution in [0, 0.1) is 0 Å². The van der Waals surface area contributed by atoms with Crippen LogP contribution in [0.25, 0.3) is 0 Å². The molecule has 7 N–H and O–H groups in total. The largest absolute Gasteiger partial charge is 0.489 e. The van der Waals surface area contributed by atoms with Gasteiger partial charge in [0, 0.05) is 24.9 Å². The minimum absolute atomic E-state index is 0.354. The molecule has 6 rings (SSSR count). The Morgan fingerprint density at radius 1 is 0.523 bits per heavy atom. The van der Waals surface area contributed by atoms with Crippen molar-refractivity contribution in [2.75, 3.05) is 28.7 Å². The molecule has 2 atom stereocenters. The molecule has 0 heterocycles. The van der Waals surface area contributed by atoms with Gasteiger partial charge in [-0.25, -0.2) is 0 Å². The van der Waals surface area contributed by atoms with Crippen LogP contribution in [-0.4, -0.2) is 58.9 Å². The van der Waals surface area contributed by atoms with Crippen molar-refractivity contribution in [1.82, 2.24) is 5.32 Å². The number of rotatable bonds is 16. The van der Waals surface area contributed by atoms with Gasteiger partial charge in [-0.1, -0.05) is 133 Å². The number of hydrogen-bond acceptors (Lipinski definition) is 7. The van der Waals surface area contributed by atoms with E-state index in [1.54, 1.807) is 19.9 Å². The zero-order valence-electron chi connectivity index (χ0n) is 38.1. The number of primary amides is 2. The molecule has 2 amide bonds. The number of nitrogens with two attached hydrogens (primary N) is 3. The van der Waals surface area contributed by atoms with Crippen LogP contribution in [0.4, 0.5) is 17.6 Å². The molecule has 0 bridgehead atoms. The van der Waals surface area contributed by atoms with Gasteiger partial charge in [-0.2, -0.15) is 0 Å². The van der Waals surface area contributed by atoms with Crippen LogP contribution >= 0.6 is 0 Å². The molecule has 0 fully saturated rings. The summed E-state index contributed by atoms with van der Waals surface area (Å²) in [5, 5.41) is 3.15. The molecule has 0 unspecified atom stereocenters. The van der Waals surface area contributed by atoms with Gasteiger partial charge in [0.1, 0.15) is 31.0 Å². The third-order valence-corrected chi connectivity index (χ3v) is 8.78. The van der Waals surface area contributed by atoms with Crippen molar-refractivity contribution in [2.45, 2.75) is 58.5 Å². The van der Waals surface area contributed by atoms with E-state index < -0.39 is 11.9 Å². The number of hydrogen-bond donors (Lipinski definition) is 4. The van der Waals surface area contributed by atoms with Crippen LogP contribution in [-0.2, 0) is 42.2 Å². The summed E-state index contributed by atoms with van der Waals surface area (Å²) < 4.78 is 50.1. The molecule has 350 valence electrons. The summed E-state index contributed by atoms with van der Waals surface area (Å²) in [6.07, 6.45) is 2.40. The predicted molar refractivity (Wildman–Crippen MR) is 255 cm³/mol. The third-order valence-electron chi connectivity index (χ3n) is 8.78. The first kappa shape index (κ1) is 58.2. The number of halogens is 4. The Labute approximate surface area is 382 Å². The van der Waals surface area contributed by atoms with E-state index >= 15 is 0 Å². The van der Waals surface area contributed by atoms with Gasteiger partial charge in [-0.15, -0.1) is 0 Å². The maximum Gasteiger partial charge on any atom is 0.234 e. The van der Waals surface area contributed by atoms with Crippen molar-refractivity contribution >= 4 is 18.1 Å². The second kappa shape index (κ2) is 36.6. The molecule has 65 heavy (non-hydrogen) atoms. The van der Waals surface area contributed by atoms with E-state index in [2.05, 4.69) is 53.5 Å². The van der Waals surface area contributed by atoms with Gasteiger partial charge in [0.2, 0.25) is 11.8 Å². The first-order valence-electron chi connectivity index (χ1n) is 20.3. The molecule has 0 saturated carbocycles. The van der Waals surface area contributed by atoms with Gasteiger partial charge in [-0.05, 0) is 77.1 Å². The second-order valence-corrected chi connectivity index (χ2v) is 13.5. The Kier molecular flexibility index (Phi) is 32.8. The first-order valence-corrected chi connectivity index (χ1v) is 20.3. The summed E-state index contributed by atoms with van der Waals surface area (Å²) >= 11 is 0. The number of benzene rings is 6. The van der Waals surface area contributed by atoms with Crippen molar-refractivity contribution in [3.8, 4) is 11.5 Å². The molecule has 0 saturated heterocycles. The van der Waals surface area contributed by atoms with Crippen molar-refractivity contribution in [1.29, 1.82) is 0 Å². The summed E-state index contributed by atoms with van der Waals surface area (Å²) in [6, 6.07) is 51.6. The number of aldehydes is 1. The Bertz CT molecular complexity index is 2130. The number of carbonyl (C=O) groups is 3. The van der Waals surface area contributed by atoms with E-state index in [4.69, 9.17) is 20.9 Å².